The number of phenols is 1. The molecule has 0 heterocycles. The normalized spacial score (nSPS) is 10.4. The Bertz CT molecular complexity index is 567. The molecule has 0 atom stereocenters. The standard InChI is InChI=1S/C17H21NO3/c1-3-18-11-14-5-4-6-16(20-2)17(14)21-12-13-7-9-15(19)10-8-13/h4-10,18-19H,3,11-12H2,1-2H3. The van der Waals surface area contributed by atoms with Crippen molar-refractivity contribution in [3.05, 3.63) is 53.6 Å². The summed E-state index contributed by atoms with van der Waals surface area (Å²) in [6.45, 7) is 4.13. The van der Waals surface area contributed by atoms with E-state index < -0.39 is 0 Å². The van der Waals surface area contributed by atoms with Gasteiger partial charge in [0.2, 0.25) is 0 Å². The topological polar surface area (TPSA) is 50.7 Å². The molecular formula is C17H21NO3. The lowest BCUT2D eigenvalue weighted by Crippen LogP contribution is -2.13. The maximum Gasteiger partial charge on any atom is 0.166 e. The predicted molar refractivity (Wildman–Crippen MR) is 82.8 cm³/mol. The fourth-order valence-corrected chi connectivity index (χ4v) is 2.03. The minimum Gasteiger partial charge on any atom is -0.508 e. The lowest BCUT2D eigenvalue weighted by molar-refractivity contribution is 0.280. The van der Waals surface area contributed by atoms with Crippen molar-refractivity contribution in [3.63, 3.8) is 0 Å². The average molecular weight is 287 g/mol. The Hall–Kier alpha value is -2.20. The summed E-state index contributed by atoms with van der Waals surface area (Å²) < 4.78 is 11.3. The molecule has 2 aromatic carbocycles. The maximum absolute atomic E-state index is 9.30. The summed E-state index contributed by atoms with van der Waals surface area (Å²) in [5.41, 5.74) is 2.06. The van der Waals surface area contributed by atoms with Gasteiger partial charge in [0.25, 0.3) is 0 Å². The van der Waals surface area contributed by atoms with Gasteiger partial charge in [-0.05, 0) is 30.3 Å². The van der Waals surface area contributed by atoms with Crippen molar-refractivity contribution >= 4 is 0 Å². The lowest BCUT2D eigenvalue weighted by Gasteiger charge is -2.15. The molecule has 0 aliphatic rings. The SMILES string of the molecule is CCNCc1cccc(OC)c1OCc1ccc(O)cc1. The largest absolute Gasteiger partial charge is 0.508 e. The smallest absolute Gasteiger partial charge is 0.166 e. The van der Waals surface area contributed by atoms with E-state index in [9.17, 15) is 5.11 Å². The molecule has 0 saturated heterocycles. The zero-order valence-electron chi connectivity index (χ0n) is 12.4. The molecule has 4 heteroatoms. The predicted octanol–water partition coefficient (Wildman–Crippen LogP) is 3.09. The van der Waals surface area contributed by atoms with Crippen LogP contribution in [0.15, 0.2) is 42.5 Å². The Labute approximate surface area is 125 Å². The number of benzene rings is 2. The maximum atomic E-state index is 9.30. The molecule has 0 aromatic heterocycles. The highest BCUT2D eigenvalue weighted by Crippen LogP contribution is 2.31. The van der Waals surface area contributed by atoms with Crippen LogP contribution in [0.3, 0.4) is 0 Å². The van der Waals surface area contributed by atoms with Gasteiger partial charge in [0.1, 0.15) is 12.4 Å². The number of phenolic OH excluding ortho intramolecular Hbond substituents is 1. The number of ether oxygens (including phenoxy) is 2. The van der Waals surface area contributed by atoms with Gasteiger partial charge in [-0.15, -0.1) is 0 Å². The van der Waals surface area contributed by atoms with Crippen LogP contribution in [-0.4, -0.2) is 18.8 Å². The Balaban J connectivity index is 2.14. The van der Waals surface area contributed by atoms with E-state index >= 15 is 0 Å². The molecule has 2 aromatic rings. The second-order valence-electron chi connectivity index (χ2n) is 4.68. The number of aromatic hydroxyl groups is 1. The number of rotatable bonds is 7. The third-order valence-corrected chi connectivity index (χ3v) is 3.17. The molecule has 112 valence electrons. The van der Waals surface area contributed by atoms with E-state index in [0.717, 1.165) is 35.7 Å². The first-order chi connectivity index (χ1) is 10.2. The van der Waals surface area contributed by atoms with Gasteiger partial charge in [0, 0.05) is 12.1 Å². The monoisotopic (exact) mass is 287 g/mol. The third kappa shape index (κ3) is 4.13. The first-order valence-electron chi connectivity index (χ1n) is 7.02. The Morgan fingerprint density at radius 2 is 1.86 bits per heavy atom. The second kappa shape index (κ2) is 7.55. The van der Waals surface area contributed by atoms with Crippen molar-refractivity contribution in [2.45, 2.75) is 20.1 Å². The fourth-order valence-electron chi connectivity index (χ4n) is 2.03. The summed E-state index contributed by atoms with van der Waals surface area (Å²) >= 11 is 0. The fraction of sp³-hybridized carbons (Fsp3) is 0.294. The number of para-hydroxylation sites is 1. The van der Waals surface area contributed by atoms with Gasteiger partial charge in [-0.1, -0.05) is 31.2 Å². The molecule has 2 N–H and O–H groups in total. The number of nitrogens with one attached hydrogen (secondary N) is 1. The second-order valence-corrected chi connectivity index (χ2v) is 4.68. The van der Waals surface area contributed by atoms with Crippen molar-refractivity contribution in [1.82, 2.24) is 5.32 Å². The van der Waals surface area contributed by atoms with E-state index in [2.05, 4.69) is 12.2 Å². The van der Waals surface area contributed by atoms with Crippen LogP contribution < -0.4 is 14.8 Å². The highest BCUT2D eigenvalue weighted by atomic mass is 16.5. The zero-order valence-corrected chi connectivity index (χ0v) is 12.4. The van der Waals surface area contributed by atoms with Gasteiger partial charge in [-0.3, -0.25) is 0 Å². The van der Waals surface area contributed by atoms with Crippen molar-refractivity contribution in [1.29, 1.82) is 0 Å². The van der Waals surface area contributed by atoms with E-state index in [1.807, 2.05) is 30.3 Å². The zero-order chi connectivity index (χ0) is 15.1. The first-order valence-corrected chi connectivity index (χ1v) is 7.02. The highest BCUT2D eigenvalue weighted by molar-refractivity contribution is 5.46. The first kappa shape index (κ1) is 15.2. The minimum atomic E-state index is 0.254. The van der Waals surface area contributed by atoms with E-state index in [1.165, 1.54) is 0 Å². The summed E-state index contributed by atoms with van der Waals surface area (Å²) in [6.07, 6.45) is 0. The van der Waals surface area contributed by atoms with E-state index in [4.69, 9.17) is 9.47 Å². The Morgan fingerprint density at radius 1 is 1.10 bits per heavy atom. The van der Waals surface area contributed by atoms with Crippen molar-refractivity contribution in [2.24, 2.45) is 0 Å². The number of methoxy groups -OCH3 is 1. The molecule has 0 amide bonds. The summed E-state index contributed by atoms with van der Waals surface area (Å²) in [7, 11) is 1.64. The molecule has 0 unspecified atom stereocenters. The van der Waals surface area contributed by atoms with Crippen LogP contribution in [0.5, 0.6) is 17.2 Å². The Kier molecular flexibility index (Phi) is 5.46. The Morgan fingerprint density at radius 3 is 2.52 bits per heavy atom. The minimum absolute atomic E-state index is 0.254. The van der Waals surface area contributed by atoms with Crippen LogP contribution in [0.1, 0.15) is 18.1 Å². The molecule has 21 heavy (non-hydrogen) atoms. The quantitative estimate of drug-likeness (QED) is 0.821. The summed E-state index contributed by atoms with van der Waals surface area (Å²) in [5.74, 6) is 1.74. The van der Waals surface area contributed by atoms with Gasteiger partial charge in [0.05, 0.1) is 7.11 Å². The molecule has 0 radical (unpaired) electrons. The van der Waals surface area contributed by atoms with Crippen LogP contribution in [-0.2, 0) is 13.2 Å². The summed E-state index contributed by atoms with van der Waals surface area (Å²) in [6, 6.07) is 12.9. The molecule has 0 spiro atoms. The van der Waals surface area contributed by atoms with E-state index in [0.29, 0.717) is 6.61 Å². The molecular weight excluding hydrogens is 266 g/mol. The summed E-state index contributed by atoms with van der Waals surface area (Å²) in [5, 5.41) is 12.6. The molecule has 0 aliphatic heterocycles. The number of hydrogen-bond acceptors (Lipinski definition) is 4. The molecule has 0 bridgehead atoms. The van der Waals surface area contributed by atoms with Gasteiger partial charge < -0.3 is 19.9 Å². The van der Waals surface area contributed by atoms with Crippen molar-refractivity contribution < 1.29 is 14.6 Å². The summed E-state index contributed by atoms with van der Waals surface area (Å²) in [4.78, 5) is 0. The molecule has 2 rings (SSSR count). The molecule has 4 nitrogen and oxygen atoms in total. The lowest BCUT2D eigenvalue weighted by atomic mass is 10.1. The number of hydrogen-bond donors (Lipinski definition) is 2. The van der Waals surface area contributed by atoms with Crippen LogP contribution in [0, 0.1) is 0 Å². The van der Waals surface area contributed by atoms with Gasteiger partial charge in [-0.2, -0.15) is 0 Å². The van der Waals surface area contributed by atoms with Crippen LogP contribution in [0.25, 0.3) is 0 Å². The van der Waals surface area contributed by atoms with E-state index in [-0.39, 0.29) is 5.75 Å². The van der Waals surface area contributed by atoms with Crippen LogP contribution >= 0.6 is 0 Å². The van der Waals surface area contributed by atoms with Crippen molar-refractivity contribution in [3.8, 4) is 17.2 Å². The third-order valence-electron chi connectivity index (χ3n) is 3.17. The highest BCUT2D eigenvalue weighted by Gasteiger charge is 2.10. The van der Waals surface area contributed by atoms with Crippen LogP contribution in [0.2, 0.25) is 0 Å². The van der Waals surface area contributed by atoms with Gasteiger partial charge >= 0.3 is 0 Å². The van der Waals surface area contributed by atoms with E-state index in [1.54, 1.807) is 19.2 Å². The molecule has 0 fully saturated rings. The van der Waals surface area contributed by atoms with Crippen LogP contribution in [0.4, 0.5) is 0 Å². The molecule has 0 saturated carbocycles. The average Bonchev–Trinajstić information content (AvgIpc) is 2.52. The van der Waals surface area contributed by atoms with Gasteiger partial charge in [0.15, 0.2) is 11.5 Å². The van der Waals surface area contributed by atoms with Crippen molar-refractivity contribution in [2.75, 3.05) is 13.7 Å². The molecule has 0 aliphatic carbocycles. The van der Waals surface area contributed by atoms with Gasteiger partial charge in [-0.25, -0.2) is 0 Å².